The van der Waals surface area contributed by atoms with E-state index in [-0.39, 0.29) is 11.5 Å². The van der Waals surface area contributed by atoms with E-state index in [1.807, 2.05) is 70.3 Å². The molecular formula is C25H28N4O3S. The fourth-order valence-electron chi connectivity index (χ4n) is 3.94. The van der Waals surface area contributed by atoms with E-state index in [9.17, 15) is 9.59 Å². The molecule has 1 amide bonds. The molecule has 0 saturated carbocycles. The smallest absolute Gasteiger partial charge is 0.407 e. The molecule has 1 aromatic carbocycles. The molecule has 33 heavy (non-hydrogen) atoms. The number of aromatic amines is 1. The second kappa shape index (κ2) is 8.51. The molecule has 0 aliphatic carbocycles. The Morgan fingerprint density at radius 2 is 1.94 bits per heavy atom. The third-order valence-electron chi connectivity index (χ3n) is 5.51. The van der Waals surface area contributed by atoms with Crippen LogP contribution in [-0.2, 0) is 4.74 Å². The van der Waals surface area contributed by atoms with Crippen molar-refractivity contribution in [3.63, 3.8) is 0 Å². The number of rotatable bonds is 4. The second-order valence-corrected chi connectivity index (χ2v) is 10.1. The van der Waals surface area contributed by atoms with Gasteiger partial charge in [0.2, 0.25) is 0 Å². The number of aromatic nitrogens is 2. The molecule has 8 heteroatoms. The van der Waals surface area contributed by atoms with Gasteiger partial charge < -0.3 is 20.8 Å². The number of nitrogens with zero attached hydrogens (tertiary/aromatic N) is 1. The maximum absolute atomic E-state index is 12.5. The SMILES string of the molecule is Cc1nc(N)c(-c2ccc(C(C)CNC(=O)OC(C)(C)C)cc2)c2c1[nH]c(=O)c1sccc12. The highest BCUT2D eigenvalue weighted by molar-refractivity contribution is 7.17. The number of fused-ring (bicyclic) bond motifs is 3. The highest BCUT2D eigenvalue weighted by Gasteiger charge is 2.19. The zero-order valence-electron chi connectivity index (χ0n) is 19.4. The molecule has 7 nitrogen and oxygen atoms in total. The van der Waals surface area contributed by atoms with Crippen molar-refractivity contribution in [1.82, 2.24) is 15.3 Å². The molecule has 3 aromatic heterocycles. The number of nitrogens with two attached hydrogens (primary N) is 1. The predicted molar refractivity (Wildman–Crippen MR) is 135 cm³/mol. The average molecular weight is 465 g/mol. The topological polar surface area (TPSA) is 110 Å². The van der Waals surface area contributed by atoms with E-state index in [2.05, 4.69) is 15.3 Å². The third kappa shape index (κ3) is 4.57. The fourth-order valence-corrected chi connectivity index (χ4v) is 4.74. The van der Waals surface area contributed by atoms with Crippen molar-refractivity contribution >= 4 is 44.2 Å². The molecule has 4 aromatic rings. The second-order valence-electron chi connectivity index (χ2n) is 9.23. The van der Waals surface area contributed by atoms with Gasteiger partial charge in [-0.3, -0.25) is 4.79 Å². The van der Waals surface area contributed by atoms with Gasteiger partial charge in [0.25, 0.3) is 5.56 Å². The lowest BCUT2D eigenvalue weighted by molar-refractivity contribution is 0.0525. The number of carbonyl (C=O) groups is 1. The summed E-state index contributed by atoms with van der Waals surface area (Å²) in [6.45, 7) is 9.86. The molecule has 1 atom stereocenters. The Labute approximate surface area is 196 Å². The van der Waals surface area contributed by atoms with E-state index in [1.165, 1.54) is 11.3 Å². The minimum Gasteiger partial charge on any atom is -0.444 e. The predicted octanol–water partition coefficient (Wildman–Crippen LogP) is 5.32. The minimum atomic E-state index is -0.530. The summed E-state index contributed by atoms with van der Waals surface area (Å²) < 4.78 is 5.98. The highest BCUT2D eigenvalue weighted by Crippen LogP contribution is 2.38. The Hall–Kier alpha value is -3.39. The summed E-state index contributed by atoms with van der Waals surface area (Å²) in [4.78, 5) is 31.9. The standard InChI is InChI=1S/C25H28N4O3S/c1-13(12-27-24(31)32-25(3,4)5)15-6-8-16(9-7-15)18-19-17-10-11-33-21(17)23(30)29-20(19)14(2)28-22(18)26/h6-11,13H,12H2,1-5H3,(H2,26,28)(H,27,31)(H,29,30). The average Bonchev–Trinajstić information content (AvgIpc) is 3.23. The third-order valence-corrected chi connectivity index (χ3v) is 6.42. The van der Waals surface area contributed by atoms with Gasteiger partial charge in [0.15, 0.2) is 0 Å². The van der Waals surface area contributed by atoms with Gasteiger partial charge in [-0.1, -0.05) is 31.2 Å². The van der Waals surface area contributed by atoms with Gasteiger partial charge >= 0.3 is 6.09 Å². The van der Waals surface area contributed by atoms with E-state index >= 15 is 0 Å². The molecular weight excluding hydrogens is 436 g/mol. The van der Waals surface area contributed by atoms with Gasteiger partial charge in [0.1, 0.15) is 16.1 Å². The van der Waals surface area contributed by atoms with Gasteiger partial charge in [0, 0.05) is 22.9 Å². The van der Waals surface area contributed by atoms with E-state index in [0.717, 1.165) is 27.5 Å². The maximum Gasteiger partial charge on any atom is 0.407 e. The first kappa shape index (κ1) is 22.8. The normalized spacial score (nSPS) is 12.8. The number of ether oxygens (including phenoxy) is 1. The Balaban J connectivity index is 1.67. The number of H-pyrrole nitrogens is 1. The molecule has 0 bridgehead atoms. The maximum atomic E-state index is 12.5. The number of nitrogens with one attached hydrogen (secondary N) is 2. The Kier molecular flexibility index (Phi) is 5.88. The van der Waals surface area contributed by atoms with Crippen molar-refractivity contribution < 1.29 is 9.53 Å². The van der Waals surface area contributed by atoms with Crippen LogP contribution in [-0.4, -0.2) is 28.2 Å². The molecule has 3 heterocycles. The summed E-state index contributed by atoms with van der Waals surface area (Å²) in [5.41, 5.74) is 9.93. The van der Waals surface area contributed by atoms with Crippen molar-refractivity contribution in [2.45, 2.75) is 46.1 Å². The number of amides is 1. The Morgan fingerprint density at radius 1 is 1.24 bits per heavy atom. The largest absolute Gasteiger partial charge is 0.444 e. The number of nitrogen functional groups attached to an aromatic ring is 1. The zero-order valence-corrected chi connectivity index (χ0v) is 20.2. The van der Waals surface area contributed by atoms with Crippen LogP contribution in [0, 0.1) is 6.92 Å². The van der Waals surface area contributed by atoms with Crippen molar-refractivity contribution in [2.75, 3.05) is 12.3 Å². The van der Waals surface area contributed by atoms with Crippen LogP contribution in [0.5, 0.6) is 0 Å². The summed E-state index contributed by atoms with van der Waals surface area (Å²) in [5.74, 6) is 0.517. The monoisotopic (exact) mass is 464 g/mol. The van der Waals surface area contributed by atoms with Crippen LogP contribution in [0.15, 0.2) is 40.5 Å². The summed E-state index contributed by atoms with van der Waals surface area (Å²) >= 11 is 1.41. The first-order valence-electron chi connectivity index (χ1n) is 10.8. The molecule has 4 rings (SSSR count). The Morgan fingerprint density at radius 3 is 2.61 bits per heavy atom. The van der Waals surface area contributed by atoms with Crippen LogP contribution in [0.25, 0.3) is 32.1 Å². The van der Waals surface area contributed by atoms with E-state index in [4.69, 9.17) is 10.5 Å². The molecule has 0 saturated heterocycles. The lowest BCUT2D eigenvalue weighted by Gasteiger charge is -2.21. The van der Waals surface area contributed by atoms with Crippen LogP contribution in [0.2, 0.25) is 0 Å². The highest BCUT2D eigenvalue weighted by atomic mass is 32.1. The van der Waals surface area contributed by atoms with Crippen LogP contribution in [0.1, 0.15) is 44.9 Å². The molecule has 0 fully saturated rings. The lowest BCUT2D eigenvalue weighted by Crippen LogP contribution is -2.34. The molecule has 4 N–H and O–H groups in total. The summed E-state index contributed by atoms with van der Waals surface area (Å²) in [6, 6.07) is 10.0. The van der Waals surface area contributed by atoms with Crippen LogP contribution >= 0.6 is 11.3 Å². The fraction of sp³-hybridized carbons (Fsp3) is 0.320. The molecule has 0 radical (unpaired) electrons. The number of carbonyl (C=O) groups excluding carboxylic acids is 1. The molecule has 0 aliphatic heterocycles. The number of anilines is 1. The van der Waals surface area contributed by atoms with Gasteiger partial charge in [-0.2, -0.15) is 0 Å². The van der Waals surface area contributed by atoms with Crippen LogP contribution in [0.4, 0.5) is 10.6 Å². The van der Waals surface area contributed by atoms with Gasteiger partial charge in [-0.05, 0) is 56.2 Å². The number of alkyl carbamates (subject to hydrolysis) is 1. The molecule has 0 aliphatic rings. The summed E-state index contributed by atoms with van der Waals surface area (Å²) in [5, 5.41) is 6.52. The number of thiophene rings is 1. The summed E-state index contributed by atoms with van der Waals surface area (Å²) in [6.07, 6.45) is -0.426. The number of aryl methyl sites for hydroxylation is 1. The van der Waals surface area contributed by atoms with Crippen LogP contribution in [0.3, 0.4) is 0 Å². The quantitative estimate of drug-likeness (QED) is 0.378. The first-order chi connectivity index (χ1) is 15.5. The van der Waals surface area contributed by atoms with Gasteiger partial charge in [-0.15, -0.1) is 11.3 Å². The van der Waals surface area contributed by atoms with Crippen molar-refractivity contribution in [2.24, 2.45) is 0 Å². The van der Waals surface area contributed by atoms with Gasteiger partial charge in [-0.25, -0.2) is 9.78 Å². The van der Waals surface area contributed by atoms with Crippen molar-refractivity contribution in [3.05, 3.63) is 57.3 Å². The number of benzene rings is 1. The first-order valence-corrected chi connectivity index (χ1v) is 11.7. The lowest BCUT2D eigenvalue weighted by atomic mass is 9.95. The van der Waals surface area contributed by atoms with Crippen molar-refractivity contribution in [1.29, 1.82) is 0 Å². The van der Waals surface area contributed by atoms with E-state index < -0.39 is 11.7 Å². The Bertz CT molecular complexity index is 1400. The van der Waals surface area contributed by atoms with Crippen LogP contribution < -0.4 is 16.6 Å². The zero-order chi connectivity index (χ0) is 23.9. The minimum absolute atomic E-state index is 0.0942. The number of hydrogen-bond acceptors (Lipinski definition) is 6. The van der Waals surface area contributed by atoms with E-state index in [0.29, 0.717) is 28.3 Å². The number of pyridine rings is 2. The molecule has 0 spiro atoms. The van der Waals surface area contributed by atoms with Crippen molar-refractivity contribution in [3.8, 4) is 11.1 Å². The number of hydrogen-bond donors (Lipinski definition) is 3. The van der Waals surface area contributed by atoms with Gasteiger partial charge in [0.05, 0.1) is 11.2 Å². The molecule has 172 valence electrons. The van der Waals surface area contributed by atoms with E-state index in [1.54, 1.807) is 0 Å². The summed E-state index contributed by atoms with van der Waals surface area (Å²) in [7, 11) is 0. The molecule has 1 unspecified atom stereocenters.